The van der Waals surface area contributed by atoms with Gasteiger partial charge in [0.1, 0.15) is 5.69 Å². The molecule has 0 aliphatic rings. The molecule has 0 atom stereocenters. The van der Waals surface area contributed by atoms with Crippen LogP contribution in [0.2, 0.25) is 0 Å². The van der Waals surface area contributed by atoms with Crippen molar-refractivity contribution in [2.45, 2.75) is 6.92 Å². The first-order chi connectivity index (χ1) is 18.2. The van der Waals surface area contributed by atoms with E-state index in [1.165, 1.54) is 38.9 Å². The molecule has 0 saturated heterocycles. The second kappa shape index (κ2) is 9.67. The normalized spacial score (nSPS) is 10.9. The van der Waals surface area contributed by atoms with E-state index in [1.54, 1.807) is 0 Å². The molecule has 6 rings (SSSR count). The summed E-state index contributed by atoms with van der Waals surface area (Å²) in [6, 6.07) is 45.1. The lowest BCUT2D eigenvalue weighted by Crippen LogP contribution is -2.27. The van der Waals surface area contributed by atoms with Crippen LogP contribution in [0, 0.1) is 14.0 Å². The van der Waals surface area contributed by atoms with Gasteiger partial charge in [-0.3, -0.25) is 4.57 Å². The average molecular weight is 477 g/mol. The van der Waals surface area contributed by atoms with Crippen molar-refractivity contribution in [3.63, 3.8) is 0 Å². The van der Waals surface area contributed by atoms with E-state index in [0.717, 1.165) is 17.1 Å². The van der Waals surface area contributed by atoms with Crippen molar-refractivity contribution in [2.75, 3.05) is 0 Å². The van der Waals surface area contributed by atoms with E-state index in [0.29, 0.717) is 0 Å². The lowest BCUT2D eigenvalue weighted by atomic mass is 9.90. The first-order valence-electron chi connectivity index (χ1n) is 12.6. The Labute approximate surface area is 218 Å². The summed E-state index contributed by atoms with van der Waals surface area (Å²) >= 11 is 0. The number of benzene rings is 5. The molecule has 1 aromatic heterocycles. The van der Waals surface area contributed by atoms with Crippen molar-refractivity contribution < 1.29 is 4.57 Å². The predicted molar refractivity (Wildman–Crippen MR) is 153 cm³/mol. The summed E-state index contributed by atoms with van der Waals surface area (Å²) in [7, 11) is 4.35. The zero-order valence-electron chi connectivity index (χ0n) is 20.9. The van der Waals surface area contributed by atoms with Crippen LogP contribution >= 0.6 is 0 Å². The Balaban J connectivity index is 1.74. The predicted octanol–water partition coefficient (Wildman–Crippen LogP) is 8.38. The summed E-state index contributed by atoms with van der Waals surface area (Å²) in [5.41, 5.74) is 10.6. The van der Waals surface area contributed by atoms with Crippen LogP contribution in [0.4, 0.5) is 0 Å². The number of hydrogen-bond donors (Lipinski definition) is 0. The van der Waals surface area contributed by atoms with Gasteiger partial charge in [0.15, 0.2) is 5.82 Å². The summed E-state index contributed by atoms with van der Waals surface area (Å²) in [6.07, 6.45) is 4.17. The number of hydrogen-bond acceptors (Lipinski definition) is 0. The van der Waals surface area contributed by atoms with Crippen molar-refractivity contribution >= 4 is 0 Å². The van der Waals surface area contributed by atoms with E-state index in [9.17, 15) is 0 Å². The van der Waals surface area contributed by atoms with Gasteiger partial charge in [0.2, 0.25) is 0 Å². The minimum atomic E-state index is 1.04. The van der Waals surface area contributed by atoms with Crippen LogP contribution in [0.5, 0.6) is 0 Å². The molecule has 6 aromatic rings. The van der Waals surface area contributed by atoms with E-state index in [4.69, 9.17) is 0 Å². The van der Waals surface area contributed by atoms with Gasteiger partial charge in [0, 0.05) is 22.9 Å². The van der Waals surface area contributed by atoms with Gasteiger partial charge >= 0.3 is 0 Å². The van der Waals surface area contributed by atoms with E-state index in [2.05, 4.69) is 152 Å². The monoisotopic (exact) mass is 476 g/mol. The van der Waals surface area contributed by atoms with Crippen LogP contribution < -0.4 is 4.57 Å². The second-order valence-corrected chi connectivity index (χ2v) is 9.29. The minimum absolute atomic E-state index is 1.04. The van der Waals surface area contributed by atoms with Crippen molar-refractivity contribution in [1.29, 1.82) is 0 Å². The standard InChI is InChI=1S/C35H28N2/c1-26-14-12-13-21-31(26)35-36(2)22-23-37(35)34-32(28-17-8-4-9-18-28)24-30(27-15-6-3-7-16-27)25-33(34)29-19-10-5-11-20-29/h3-25H,2H2,1H3. The molecule has 2 heteroatoms. The molecule has 2 nitrogen and oxygen atoms in total. The van der Waals surface area contributed by atoms with Crippen LogP contribution in [0.3, 0.4) is 0 Å². The second-order valence-electron chi connectivity index (χ2n) is 9.29. The van der Waals surface area contributed by atoms with Gasteiger partial charge in [-0.2, -0.15) is 0 Å². The van der Waals surface area contributed by atoms with Gasteiger partial charge in [-0.05, 0) is 53.9 Å². The largest absolute Gasteiger partial charge is 0.367 e. The van der Waals surface area contributed by atoms with Crippen molar-refractivity contribution in [1.82, 2.24) is 4.57 Å². The number of rotatable bonds is 5. The summed E-state index contributed by atoms with van der Waals surface area (Å²) < 4.78 is 4.27. The van der Waals surface area contributed by atoms with Crippen molar-refractivity contribution in [3.05, 3.63) is 152 Å². The maximum atomic E-state index is 4.35. The Morgan fingerprint density at radius 2 is 1.03 bits per heavy atom. The van der Waals surface area contributed by atoms with Gasteiger partial charge in [-0.15, -0.1) is 0 Å². The molecule has 0 radical (unpaired) electrons. The molecular weight excluding hydrogens is 448 g/mol. The van der Waals surface area contributed by atoms with E-state index < -0.39 is 0 Å². The highest BCUT2D eigenvalue weighted by molar-refractivity contribution is 5.91. The van der Waals surface area contributed by atoms with Crippen LogP contribution in [-0.2, 0) is 0 Å². The van der Waals surface area contributed by atoms with Crippen LogP contribution in [0.1, 0.15) is 5.56 Å². The van der Waals surface area contributed by atoms with Gasteiger partial charge in [0.25, 0.3) is 0 Å². The molecule has 0 bridgehead atoms. The quantitative estimate of drug-likeness (QED) is 0.175. The smallest absolute Gasteiger partial charge is 0.190 e. The maximum absolute atomic E-state index is 4.35. The van der Waals surface area contributed by atoms with Gasteiger partial charge in [0.05, 0.1) is 6.20 Å². The summed E-state index contributed by atoms with van der Waals surface area (Å²) in [5.74, 6) is 1.04. The van der Waals surface area contributed by atoms with Crippen molar-refractivity contribution in [2.24, 2.45) is 0 Å². The summed E-state index contributed by atoms with van der Waals surface area (Å²) in [5, 5.41) is 0. The molecule has 37 heavy (non-hydrogen) atoms. The topological polar surface area (TPSA) is 8.81 Å². The highest BCUT2D eigenvalue weighted by Crippen LogP contribution is 2.41. The Morgan fingerprint density at radius 3 is 1.57 bits per heavy atom. The van der Waals surface area contributed by atoms with Gasteiger partial charge < -0.3 is 4.57 Å². The van der Waals surface area contributed by atoms with Gasteiger partial charge in [-0.1, -0.05) is 115 Å². The zero-order chi connectivity index (χ0) is 25.2. The first kappa shape index (κ1) is 22.6. The Morgan fingerprint density at radius 1 is 0.541 bits per heavy atom. The molecule has 0 fully saturated rings. The van der Waals surface area contributed by atoms with Crippen molar-refractivity contribution in [3.8, 4) is 50.5 Å². The average Bonchev–Trinajstić information content (AvgIpc) is 3.34. The fourth-order valence-corrected chi connectivity index (χ4v) is 5.08. The highest BCUT2D eigenvalue weighted by Gasteiger charge is 2.23. The number of imidazole rings is 1. The van der Waals surface area contributed by atoms with Crippen LogP contribution in [0.15, 0.2) is 140 Å². The third-order valence-corrected chi connectivity index (χ3v) is 6.91. The van der Waals surface area contributed by atoms with E-state index in [1.807, 2.05) is 10.8 Å². The van der Waals surface area contributed by atoms with E-state index in [-0.39, 0.29) is 0 Å². The van der Waals surface area contributed by atoms with E-state index >= 15 is 0 Å². The fourth-order valence-electron chi connectivity index (χ4n) is 5.08. The molecule has 0 spiro atoms. The molecule has 0 aliphatic heterocycles. The minimum Gasteiger partial charge on any atom is -0.367 e. The Bertz CT molecular complexity index is 1600. The molecule has 178 valence electrons. The molecule has 0 N–H and O–H groups in total. The highest BCUT2D eigenvalue weighted by atomic mass is 15.1. The van der Waals surface area contributed by atoms with Crippen LogP contribution in [-0.4, -0.2) is 4.57 Å². The Hall–Kier alpha value is -4.82. The molecule has 1 heterocycles. The summed E-state index contributed by atoms with van der Waals surface area (Å²) in [6.45, 7) is 2.15. The zero-order valence-corrected chi connectivity index (χ0v) is 20.9. The molecule has 0 unspecified atom stereocenters. The lowest BCUT2D eigenvalue weighted by Gasteiger charge is -2.19. The number of nitrogens with zero attached hydrogens (tertiary/aromatic N) is 2. The van der Waals surface area contributed by atoms with Gasteiger partial charge in [-0.25, -0.2) is 0 Å². The molecule has 0 saturated carbocycles. The third-order valence-electron chi connectivity index (χ3n) is 6.91. The number of aromatic nitrogens is 2. The molecular formula is C35H28N2. The van der Waals surface area contributed by atoms with Crippen LogP contribution in [0.25, 0.3) is 50.5 Å². The number of aryl methyl sites for hydroxylation is 1. The lowest BCUT2D eigenvalue weighted by molar-refractivity contribution is -0.599. The molecule has 0 aliphatic carbocycles. The fraction of sp³-hybridized carbons (Fsp3) is 0.0286. The third kappa shape index (κ3) is 4.23. The molecule has 0 amide bonds. The Kier molecular flexibility index (Phi) is 5.92. The summed E-state index contributed by atoms with van der Waals surface area (Å²) in [4.78, 5) is 0. The SMILES string of the molecule is [CH2-][n+]1ccn(-c2c(-c3ccccc3)cc(-c3ccccc3)cc2-c2ccccc2)c1-c1ccccc1C. The molecule has 5 aromatic carbocycles. The maximum Gasteiger partial charge on any atom is 0.190 e. The first-order valence-corrected chi connectivity index (χ1v) is 12.6.